The number of primary amides is 1. The van der Waals surface area contributed by atoms with E-state index in [1.807, 2.05) is 0 Å². The van der Waals surface area contributed by atoms with E-state index in [4.69, 9.17) is 64.8 Å². The van der Waals surface area contributed by atoms with Crippen LogP contribution in [0.3, 0.4) is 0 Å². The molecule has 464 valence electrons. The summed E-state index contributed by atoms with van der Waals surface area (Å²) in [6.07, 6.45) is 1.76. The van der Waals surface area contributed by atoms with Crippen LogP contribution in [-0.2, 0) is 19.2 Å². The lowest BCUT2D eigenvalue weighted by Gasteiger charge is -2.21. The predicted octanol–water partition coefficient (Wildman–Crippen LogP) is -0.636. The van der Waals surface area contributed by atoms with E-state index in [1.165, 1.54) is 100 Å². The monoisotopic (exact) mass is 1190 g/mol. The van der Waals surface area contributed by atoms with Gasteiger partial charge in [-0.25, -0.2) is 0 Å². The summed E-state index contributed by atoms with van der Waals surface area (Å²) >= 11 is 0. The topological polar surface area (TPSA) is 524 Å². The second kappa shape index (κ2) is 35.0. The van der Waals surface area contributed by atoms with Gasteiger partial charge in [0.15, 0.2) is 17.9 Å². The minimum Gasteiger partial charge on any atom is -0.496 e. The SMILES string of the molecule is COc1ccc(NC(=O)[C@@H](CCCNC(=N)N)NC(=O)c2cc(NC(=O)[C@@H](CCCNC(=N)N)NC(=O)c3cccc(NC(=O)[C@@H](CCCNCN)NC(=O)c4cc(NC(=O)[C@H](N)CCCNC(=N)N)ccc4OC)c3)ccc2OC)cc1C(N)=O. The first-order valence-electron chi connectivity index (χ1n) is 27.1. The van der Waals surface area contributed by atoms with E-state index in [-0.39, 0.29) is 138 Å². The minimum atomic E-state index is -1.25. The molecule has 26 N–H and O–H groups in total. The van der Waals surface area contributed by atoms with Crippen LogP contribution in [0.5, 0.6) is 17.2 Å². The van der Waals surface area contributed by atoms with Crippen molar-refractivity contribution < 1.29 is 52.6 Å². The average molecular weight is 1200 g/mol. The Morgan fingerprint density at radius 2 is 0.814 bits per heavy atom. The van der Waals surface area contributed by atoms with Crippen LogP contribution in [-0.4, -0.2) is 143 Å². The summed E-state index contributed by atoms with van der Waals surface area (Å²) < 4.78 is 16.1. The summed E-state index contributed by atoms with van der Waals surface area (Å²) in [7, 11) is 4.01. The molecule has 0 radical (unpaired) electrons. The molecule has 0 aliphatic rings. The average Bonchev–Trinajstić information content (AvgIpc) is 3.53. The smallest absolute Gasteiger partial charge is 0.255 e. The maximum absolute atomic E-state index is 14.2. The quantitative estimate of drug-likeness (QED) is 0.0118. The molecule has 0 spiro atoms. The number of rotatable bonds is 35. The lowest BCUT2D eigenvalue weighted by molar-refractivity contribution is -0.118. The normalized spacial score (nSPS) is 12.0. The van der Waals surface area contributed by atoms with Gasteiger partial charge in [0.1, 0.15) is 35.4 Å². The van der Waals surface area contributed by atoms with Gasteiger partial charge in [0.05, 0.1) is 44.1 Å². The highest BCUT2D eigenvalue weighted by Crippen LogP contribution is 2.27. The van der Waals surface area contributed by atoms with Crippen LogP contribution >= 0.6 is 0 Å². The Morgan fingerprint density at radius 1 is 0.453 bits per heavy atom. The number of guanidine groups is 3. The lowest BCUT2D eigenvalue weighted by Crippen LogP contribution is -2.45. The van der Waals surface area contributed by atoms with Crippen molar-refractivity contribution in [3.63, 3.8) is 0 Å². The van der Waals surface area contributed by atoms with Gasteiger partial charge in [-0.15, -0.1) is 0 Å². The Labute approximate surface area is 496 Å². The fourth-order valence-corrected chi connectivity index (χ4v) is 8.35. The highest BCUT2D eigenvalue weighted by atomic mass is 16.5. The zero-order valence-corrected chi connectivity index (χ0v) is 48.0. The molecule has 31 nitrogen and oxygen atoms in total. The van der Waals surface area contributed by atoms with Crippen LogP contribution in [0.25, 0.3) is 0 Å². The van der Waals surface area contributed by atoms with Crippen LogP contribution in [0.4, 0.5) is 22.7 Å². The van der Waals surface area contributed by atoms with Crippen molar-refractivity contribution in [1.29, 1.82) is 16.2 Å². The van der Waals surface area contributed by atoms with Gasteiger partial charge in [0, 0.05) is 54.6 Å². The maximum Gasteiger partial charge on any atom is 0.255 e. The first-order valence-corrected chi connectivity index (χ1v) is 27.1. The predicted molar refractivity (Wildman–Crippen MR) is 324 cm³/mol. The van der Waals surface area contributed by atoms with E-state index in [9.17, 15) is 38.4 Å². The van der Waals surface area contributed by atoms with Gasteiger partial charge in [-0.1, -0.05) is 6.07 Å². The molecule has 86 heavy (non-hydrogen) atoms. The first-order chi connectivity index (χ1) is 41.1. The summed E-state index contributed by atoms with van der Waals surface area (Å²) in [5.74, 6) is -6.11. The zero-order chi connectivity index (χ0) is 63.3. The fraction of sp³-hybridized carbons (Fsp3) is 0.364. The molecule has 4 rings (SSSR count). The van der Waals surface area contributed by atoms with Gasteiger partial charge >= 0.3 is 0 Å². The number of nitrogens with two attached hydrogens (primary N) is 6. The van der Waals surface area contributed by atoms with Gasteiger partial charge in [-0.05, 0) is 131 Å². The Bertz CT molecular complexity index is 3070. The number of amides is 8. The Kier molecular flexibility index (Phi) is 27.8. The summed E-state index contributed by atoms with van der Waals surface area (Å²) in [4.78, 5) is 109. The zero-order valence-electron chi connectivity index (χ0n) is 48.0. The van der Waals surface area contributed by atoms with E-state index in [2.05, 4.69) is 58.5 Å². The molecule has 0 fully saturated rings. The third kappa shape index (κ3) is 22.5. The molecule has 0 aliphatic carbocycles. The highest BCUT2D eigenvalue weighted by molar-refractivity contribution is 6.07. The number of carbonyl (C=O) groups is 8. The molecule has 8 amide bonds. The van der Waals surface area contributed by atoms with Crippen molar-refractivity contribution in [2.24, 2.45) is 34.4 Å². The van der Waals surface area contributed by atoms with Gasteiger partial charge in [-0.3, -0.25) is 54.6 Å². The van der Waals surface area contributed by atoms with Crippen LogP contribution in [0.2, 0.25) is 0 Å². The van der Waals surface area contributed by atoms with E-state index in [1.54, 1.807) is 0 Å². The molecule has 0 bridgehead atoms. The summed E-state index contributed by atoms with van der Waals surface area (Å²) in [5, 5.41) is 52.3. The molecule has 0 aromatic heterocycles. The van der Waals surface area contributed by atoms with Crippen LogP contribution < -0.4 is 107 Å². The number of carbonyl (C=O) groups excluding carboxylic acids is 8. The number of nitrogens with one attached hydrogen (secondary N) is 14. The number of anilines is 4. The van der Waals surface area contributed by atoms with Gasteiger partial charge in [0.25, 0.3) is 23.6 Å². The van der Waals surface area contributed by atoms with Gasteiger partial charge < -0.3 is 107 Å². The van der Waals surface area contributed by atoms with E-state index in [0.717, 1.165) is 0 Å². The number of hydrogen-bond donors (Lipinski definition) is 20. The second-order valence-corrected chi connectivity index (χ2v) is 19.1. The summed E-state index contributed by atoms with van der Waals surface area (Å²) in [6.45, 7) is 1.23. The molecule has 0 saturated carbocycles. The Morgan fingerprint density at radius 3 is 1.21 bits per heavy atom. The first kappa shape index (κ1) is 68.2. The standard InChI is InChI=1S/C55H78N20O11/c1-84-42-18-15-32(26-35(42)45(58)76)71-52(83)41(14-8-24-68-55(63)64)75-48(79)37-28-34(17-20-44(37)86-3)72-50(81)39(13-7-23-67-54(61)62)73-46(77)30-9-4-10-31(25-30)70-51(82)40(12-6-21-65-29-56)74-47(78)36-27-33(16-19-43(36)85-2)69-49(80)38(57)11-5-22-66-53(59)60/h4,9-10,15-20,25-28,38-41,65H,5-8,11-14,21-24,29,56-57H2,1-3H3,(H2,58,76)(H,69,80)(H,70,82)(H,71,83)(H,72,81)(H,73,77)(H,74,78)(H,75,79)(H4,59,60,66)(H4,61,62,67)(H4,63,64,68)/t38-,39-,40-,41-/m1/s1. The number of benzene rings is 4. The number of methoxy groups -OCH3 is 3. The van der Waals surface area contributed by atoms with Crippen LogP contribution in [0.1, 0.15) is 92.8 Å². The molecule has 4 aromatic carbocycles. The van der Waals surface area contributed by atoms with Crippen molar-refractivity contribution >= 4 is 87.9 Å². The third-order valence-corrected chi connectivity index (χ3v) is 12.7. The third-order valence-electron chi connectivity index (χ3n) is 12.7. The summed E-state index contributed by atoms with van der Waals surface area (Å²) in [6, 6.07) is 14.0. The van der Waals surface area contributed by atoms with Crippen LogP contribution in [0, 0.1) is 16.2 Å². The lowest BCUT2D eigenvalue weighted by atomic mass is 10.1. The fourth-order valence-electron chi connectivity index (χ4n) is 8.35. The summed E-state index contributed by atoms with van der Waals surface area (Å²) in [5.41, 5.74) is 34.0. The van der Waals surface area contributed by atoms with E-state index >= 15 is 0 Å². The molecule has 0 unspecified atom stereocenters. The molecule has 4 atom stereocenters. The second-order valence-electron chi connectivity index (χ2n) is 19.1. The van der Waals surface area contributed by atoms with Gasteiger partial charge in [-0.2, -0.15) is 0 Å². The van der Waals surface area contributed by atoms with Crippen molar-refractivity contribution in [1.82, 2.24) is 37.2 Å². The molecule has 4 aromatic rings. The molecular formula is C55H78N20O11. The van der Waals surface area contributed by atoms with Gasteiger partial charge in [0.2, 0.25) is 23.6 Å². The molecule has 0 saturated heterocycles. The number of hydrogen-bond acceptors (Lipinski definition) is 17. The maximum atomic E-state index is 14.2. The van der Waals surface area contributed by atoms with Crippen LogP contribution in [0.15, 0.2) is 78.9 Å². The van der Waals surface area contributed by atoms with Crippen molar-refractivity contribution in [3.8, 4) is 17.2 Å². The van der Waals surface area contributed by atoms with Crippen molar-refractivity contribution in [2.75, 3.05) is 75.4 Å². The van der Waals surface area contributed by atoms with E-state index in [0.29, 0.717) is 25.9 Å². The molecule has 0 aliphatic heterocycles. The molecule has 31 heteroatoms. The highest BCUT2D eigenvalue weighted by Gasteiger charge is 2.28. The number of ether oxygens (including phenoxy) is 3. The molecule has 0 heterocycles. The Balaban J connectivity index is 1.54. The largest absolute Gasteiger partial charge is 0.496 e. The van der Waals surface area contributed by atoms with Crippen molar-refractivity contribution in [3.05, 3.63) is 101 Å². The van der Waals surface area contributed by atoms with Crippen molar-refractivity contribution in [2.45, 2.75) is 75.5 Å². The Hall–Kier alpha value is -10.3. The van der Waals surface area contributed by atoms with E-state index < -0.39 is 71.4 Å². The minimum absolute atomic E-state index is 0.00588. The molecular weight excluding hydrogens is 1120 g/mol.